The van der Waals surface area contributed by atoms with Gasteiger partial charge in [-0.25, -0.2) is 4.68 Å². The number of nitrogens with one attached hydrogen (secondary N) is 1. The second-order valence-electron chi connectivity index (χ2n) is 5.91. The minimum Gasteiger partial charge on any atom is -0.321 e. The van der Waals surface area contributed by atoms with Gasteiger partial charge in [0.05, 0.1) is 18.4 Å². The van der Waals surface area contributed by atoms with Crippen LogP contribution in [0.1, 0.15) is 27.6 Å². The Balaban J connectivity index is 1.86. The van der Waals surface area contributed by atoms with E-state index in [1.54, 1.807) is 12.1 Å². The van der Waals surface area contributed by atoms with Crippen molar-refractivity contribution in [3.05, 3.63) is 70.5 Å². The maximum atomic E-state index is 13.0. The van der Waals surface area contributed by atoms with Crippen molar-refractivity contribution in [1.29, 1.82) is 0 Å². The highest BCUT2D eigenvalue weighted by Crippen LogP contribution is 2.33. The van der Waals surface area contributed by atoms with Gasteiger partial charge in [0.2, 0.25) is 5.82 Å². The lowest BCUT2D eigenvalue weighted by atomic mass is 10.1. The molecule has 158 valence electrons. The van der Waals surface area contributed by atoms with E-state index in [0.29, 0.717) is 5.69 Å². The van der Waals surface area contributed by atoms with Gasteiger partial charge in [0, 0.05) is 16.8 Å². The number of alkyl halides is 6. The fraction of sp³-hybridized carbons (Fsp3) is 0.176. The number of rotatable bonds is 4. The van der Waals surface area contributed by atoms with Crippen LogP contribution in [-0.4, -0.2) is 25.7 Å². The molecule has 1 aromatic carbocycles. The van der Waals surface area contributed by atoms with E-state index in [4.69, 9.17) is 11.6 Å². The van der Waals surface area contributed by atoms with Crippen LogP contribution in [-0.2, 0) is 18.9 Å². The molecule has 1 amide bonds. The van der Waals surface area contributed by atoms with Gasteiger partial charge in [0.1, 0.15) is 0 Å². The van der Waals surface area contributed by atoms with Gasteiger partial charge in [-0.2, -0.15) is 31.3 Å². The molecule has 1 N–H and O–H groups in total. The molecule has 3 rings (SSSR count). The maximum absolute atomic E-state index is 13.0. The number of halogens is 7. The molecule has 13 heteroatoms. The monoisotopic (exact) mass is 449 g/mol. The smallest absolute Gasteiger partial charge is 0.321 e. The summed E-state index contributed by atoms with van der Waals surface area (Å²) >= 11 is 6.03. The molecule has 0 bridgehead atoms. The van der Waals surface area contributed by atoms with Crippen LogP contribution in [0.3, 0.4) is 0 Å². The second kappa shape index (κ2) is 7.94. The summed E-state index contributed by atoms with van der Waals surface area (Å²) in [4.78, 5) is 18.6. The number of benzene rings is 1. The highest BCUT2D eigenvalue weighted by atomic mass is 35.5. The Bertz CT molecular complexity index is 1060. The van der Waals surface area contributed by atoms with Crippen molar-refractivity contribution in [3.63, 3.8) is 0 Å². The highest BCUT2D eigenvalue weighted by Gasteiger charge is 2.44. The Morgan fingerprint density at radius 3 is 2.40 bits per heavy atom. The summed E-state index contributed by atoms with van der Waals surface area (Å²) in [6.45, 7) is -0.735. The average molecular weight is 450 g/mol. The Morgan fingerprint density at radius 2 is 1.83 bits per heavy atom. The molecule has 3 aromatic rings. The third-order valence-corrected chi connectivity index (χ3v) is 4.09. The number of carbonyl (C=O) groups is 1. The van der Waals surface area contributed by atoms with Gasteiger partial charge in [-0.05, 0) is 29.8 Å². The molecule has 2 aromatic heterocycles. The van der Waals surface area contributed by atoms with Crippen LogP contribution in [0.15, 0.2) is 42.7 Å². The van der Waals surface area contributed by atoms with Crippen LogP contribution in [0.5, 0.6) is 0 Å². The summed E-state index contributed by atoms with van der Waals surface area (Å²) in [5, 5.41) is 5.32. The standard InChI is InChI=1S/C17H10ClF6N5O/c18-12-6-9(13(30)26-11-2-1-5-25-7-11)3-4-10(12)8-29-15(17(22,23)24)27-14(28-29)16(19,20)21/h1-7H,8H2,(H,26,30). The molecule has 0 radical (unpaired) electrons. The third kappa shape index (κ3) is 4.87. The number of hydrogen-bond acceptors (Lipinski definition) is 4. The molecule has 6 nitrogen and oxygen atoms in total. The molecule has 0 aliphatic carbocycles. The van der Waals surface area contributed by atoms with E-state index in [1.165, 1.54) is 30.6 Å². The van der Waals surface area contributed by atoms with Crippen LogP contribution in [0.25, 0.3) is 0 Å². The van der Waals surface area contributed by atoms with Crippen LogP contribution < -0.4 is 5.32 Å². The van der Waals surface area contributed by atoms with Gasteiger partial charge < -0.3 is 5.32 Å². The van der Waals surface area contributed by atoms with Crippen molar-refractivity contribution >= 4 is 23.2 Å². The first-order chi connectivity index (χ1) is 13.9. The quantitative estimate of drug-likeness (QED) is 0.588. The first-order valence-corrected chi connectivity index (χ1v) is 8.42. The SMILES string of the molecule is O=C(Nc1cccnc1)c1ccc(Cn2nc(C(F)(F)F)nc2C(F)(F)F)c(Cl)c1. The second-order valence-corrected chi connectivity index (χ2v) is 6.32. The summed E-state index contributed by atoms with van der Waals surface area (Å²) < 4.78 is 77.4. The van der Waals surface area contributed by atoms with Crippen LogP contribution >= 0.6 is 11.6 Å². The summed E-state index contributed by atoms with van der Waals surface area (Å²) in [5.41, 5.74) is 0.497. The van der Waals surface area contributed by atoms with Crippen LogP contribution in [0.2, 0.25) is 5.02 Å². The molecule has 0 fully saturated rings. The number of hydrogen-bond donors (Lipinski definition) is 1. The topological polar surface area (TPSA) is 72.7 Å². The molecule has 0 saturated carbocycles. The van der Waals surface area contributed by atoms with Crippen molar-refractivity contribution in [2.24, 2.45) is 0 Å². The lowest BCUT2D eigenvalue weighted by Gasteiger charge is -2.11. The highest BCUT2D eigenvalue weighted by molar-refractivity contribution is 6.31. The fourth-order valence-electron chi connectivity index (χ4n) is 2.40. The number of pyridine rings is 1. The Kier molecular flexibility index (Phi) is 5.70. The van der Waals surface area contributed by atoms with E-state index < -0.39 is 36.5 Å². The predicted molar refractivity (Wildman–Crippen MR) is 92.8 cm³/mol. The third-order valence-electron chi connectivity index (χ3n) is 3.73. The Morgan fingerprint density at radius 1 is 1.10 bits per heavy atom. The normalized spacial score (nSPS) is 12.1. The van der Waals surface area contributed by atoms with Crippen LogP contribution in [0.4, 0.5) is 32.0 Å². The fourth-order valence-corrected chi connectivity index (χ4v) is 2.64. The lowest BCUT2D eigenvalue weighted by Crippen LogP contribution is -2.17. The summed E-state index contributed by atoms with van der Waals surface area (Å²) in [6.07, 6.45) is -7.41. The minimum atomic E-state index is -5.16. The molecule has 0 saturated heterocycles. The van der Waals surface area contributed by atoms with E-state index in [1.807, 2.05) is 0 Å². The largest absolute Gasteiger partial charge is 0.453 e. The molecular formula is C17H10ClF6N5O. The van der Waals surface area contributed by atoms with E-state index in [-0.39, 0.29) is 20.8 Å². The van der Waals surface area contributed by atoms with Gasteiger partial charge in [-0.3, -0.25) is 9.78 Å². The lowest BCUT2D eigenvalue weighted by molar-refractivity contribution is -0.150. The number of carbonyl (C=O) groups excluding carboxylic acids is 1. The average Bonchev–Trinajstić information content (AvgIpc) is 3.09. The maximum Gasteiger partial charge on any atom is 0.453 e. The Labute approximate surface area is 169 Å². The Hall–Kier alpha value is -3.15. The first kappa shape index (κ1) is 21.6. The zero-order chi connectivity index (χ0) is 22.1. The molecular weight excluding hydrogens is 440 g/mol. The van der Waals surface area contributed by atoms with E-state index in [9.17, 15) is 31.1 Å². The van der Waals surface area contributed by atoms with Gasteiger partial charge >= 0.3 is 12.4 Å². The summed E-state index contributed by atoms with van der Waals surface area (Å²) in [7, 11) is 0. The summed E-state index contributed by atoms with van der Waals surface area (Å²) in [6, 6.07) is 6.84. The molecule has 0 spiro atoms. The number of anilines is 1. The van der Waals surface area contributed by atoms with Crippen molar-refractivity contribution in [2.45, 2.75) is 18.9 Å². The van der Waals surface area contributed by atoms with Crippen LogP contribution in [0, 0.1) is 0 Å². The molecule has 0 aliphatic heterocycles. The summed E-state index contributed by atoms with van der Waals surface area (Å²) in [5.74, 6) is -4.30. The molecule has 30 heavy (non-hydrogen) atoms. The first-order valence-electron chi connectivity index (χ1n) is 8.04. The number of aromatic nitrogens is 4. The van der Waals surface area contributed by atoms with E-state index in [2.05, 4.69) is 20.4 Å². The zero-order valence-corrected chi connectivity index (χ0v) is 15.3. The van der Waals surface area contributed by atoms with Crippen molar-refractivity contribution in [2.75, 3.05) is 5.32 Å². The minimum absolute atomic E-state index is 0.0127. The van der Waals surface area contributed by atoms with E-state index >= 15 is 0 Å². The van der Waals surface area contributed by atoms with Crippen molar-refractivity contribution in [1.82, 2.24) is 19.7 Å². The van der Waals surface area contributed by atoms with Crippen molar-refractivity contribution < 1.29 is 31.1 Å². The molecule has 0 atom stereocenters. The van der Waals surface area contributed by atoms with Gasteiger partial charge in [0.15, 0.2) is 0 Å². The zero-order valence-electron chi connectivity index (χ0n) is 14.6. The van der Waals surface area contributed by atoms with E-state index in [0.717, 1.165) is 0 Å². The van der Waals surface area contributed by atoms with Crippen molar-refractivity contribution in [3.8, 4) is 0 Å². The molecule has 2 heterocycles. The van der Waals surface area contributed by atoms with Gasteiger partial charge in [0.25, 0.3) is 11.7 Å². The predicted octanol–water partition coefficient (Wildman–Crippen LogP) is 4.66. The molecule has 0 unspecified atom stereocenters. The van der Waals surface area contributed by atoms with Gasteiger partial charge in [-0.15, -0.1) is 5.10 Å². The van der Waals surface area contributed by atoms with Gasteiger partial charge in [-0.1, -0.05) is 17.7 Å². The number of amides is 1. The number of nitrogens with zero attached hydrogens (tertiary/aromatic N) is 4. The molecule has 0 aliphatic rings.